The van der Waals surface area contributed by atoms with Crippen molar-refractivity contribution in [3.05, 3.63) is 112 Å². The number of rotatable bonds is 15. The number of pyridine rings is 1. The van der Waals surface area contributed by atoms with E-state index in [2.05, 4.69) is 29.6 Å². The van der Waals surface area contributed by atoms with E-state index in [1.54, 1.807) is 58.9 Å². The number of hydrogen-bond donors (Lipinski definition) is 2. The molecule has 3 amide bonds. The zero-order chi connectivity index (χ0) is 39.1. The molecule has 3 N–H and O–H groups in total. The van der Waals surface area contributed by atoms with Crippen LogP contribution in [0.25, 0.3) is 16.5 Å². The van der Waals surface area contributed by atoms with Crippen molar-refractivity contribution in [2.45, 2.75) is 69.3 Å². The molecule has 2 aromatic heterocycles. The molecule has 1 aliphatic rings. The highest BCUT2D eigenvalue weighted by molar-refractivity contribution is 7.99. The fourth-order valence-corrected chi connectivity index (χ4v) is 8.42. The minimum Gasteiger partial charge on any atom is -0.337 e. The first-order chi connectivity index (χ1) is 26.6. The Bertz CT molecular complexity index is 2240. The molecule has 6 rings (SSSR count). The molecule has 0 radical (unpaired) electrons. The Morgan fingerprint density at radius 2 is 1.75 bits per heavy atom. The number of aromatic nitrogens is 3. The van der Waals surface area contributed by atoms with Gasteiger partial charge in [0.25, 0.3) is 17.7 Å². The van der Waals surface area contributed by atoms with Crippen LogP contribution < -0.4 is 10.5 Å². The standard InChI is InChI=1S/C41H46ClN7O4S2/c1-4-6-20-47(21-7-5-2)41(52)37-36(42)27(3)49(45-37)35-15-12-30(25-34(35)40(51)48-22-17-28-10-8-9-11-31(28)26-48)38(50)46-55(53)32-13-14-33-29(24-32)16-19-44-39(33)54-23-18-43/h8-16,19,24-25H,4-7,17-18,20-23,26,43H2,1-3H3,(H,46,50). The van der Waals surface area contributed by atoms with Crippen LogP contribution in [0.15, 0.2) is 82.8 Å². The van der Waals surface area contributed by atoms with Crippen molar-refractivity contribution < 1.29 is 18.6 Å². The van der Waals surface area contributed by atoms with Gasteiger partial charge in [0.1, 0.15) is 5.03 Å². The smallest absolute Gasteiger partial charge is 0.275 e. The monoisotopic (exact) mass is 799 g/mol. The van der Waals surface area contributed by atoms with Gasteiger partial charge < -0.3 is 15.5 Å². The third kappa shape index (κ3) is 8.96. The molecule has 3 aromatic carbocycles. The maximum Gasteiger partial charge on any atom is 0.275 e. The van der Waals surface area contributed by atoms with Gasteiger partial charge >= 0.3 is 0 Å². The number of nitrogens with zero attached hydrogens (tertiary/aromatic N) is 5. The topological polar surface area (TPSA) is 144 Å². The van der Waals surface area contributed by atoms with E-state index < -0.39 is 16.9 Å². The Balaban J connectivity index is 1.33. The van der Waals surface area contributed by atoms with E-state index in [1.807, 2.05) is 30.3 Å². The Hall–Kier alpha value is -4.56. The molecule has 1 unspecified atom stereocenters. The molecule has 55 heavy (non-hydrogen) atoms. The number of nitrogens with two attached hydrogens (primary N) is 1. The Labute approximate surface area is 333 Å². The van der Waals surface area contributed by atoms with Crippen molar-refractivity contribution in [3.8, 4) is 5.69 Å². The maximum atomic E-state index is 14.5. The van der Waals surface area contributed by atoms with E-state index in [9.17, 15) is 18.6 Å². The first kappa shape index (κ1) is 40.1. The normalized spacial score (nSPS) is 13.1. The summed E-state index contributed by atoms with van der Waals surface area (Å²) in [5, 5.41) is 7.49. The molecule has 0 saturated carbocycles. The second-order valence-corrected chi connectivity index (χ2v) is 16.1. The minimum atomic E-state index is -1.91. The summed E-state index contributed by atoms with van der Waals surface area (Å²) in [7, 11) is -1.91. The van der Waals surface area contributed by atoms with Gasteiger partial charge in [0.2, 0.25) is 0 Å². The Morgan fingerprint density at radius 1 is 1.00 bits per heavy atom. The van der Waals surface area contributed by atoms with Gasteiger partial charge in [-0.3, -0.25) is 19.1 Å². The minimum absolute atomic E-state index is 0.116. The molecule has 0 saturated heterocycles. The van der Waals surface area contributed by atoms with E-state index >= 15 is 0 Å². The van der Waals surface area contributed by atoms with Crippen LogP contribution in [0.5, 0.6) is 0 Å². The van der Waals surface area contributed by atoms with Crippen LogP contribution in [-0.2, 0) is 24.0 Å². The van der Waals surface area contributed by atoms with Crippen molar-refractivity contribution in [2.75, 3.05) is 31.9 Å². The lowest BCUT2D eigenvalue weighted by Crippen LogP contribution is -2.37. The van der Waals surface area contributed by atoms with Crippen LogP contribution in [0.4, 0.5) is 0 Å². The van der Waals surface area contributed by atoms with Crippen LogP contribution in [0.1, 0.15) is 87.6 Å². The number of carbonyl (C=O) groups excluding carboxylic acids is 3. The van der Waals surface area contributed by atoms with E-state index in [0.717, 1.165) is 47.0 Å². The number of hydrogen-bond acceptors (Lipinski definition) is 8. The van der Waals surface area contributed by atoms with Crippen molar-refractivity contribution >= 4 is 62.8 Å². The molecular formula is C41H46ClN7O4S2. The summed E-state index contributed by atoms with van der Waals surface area (Å²) >= 11 is 8.39. The van der Waals surface area contributed by atoms with Gasteiger partial charge in [-0.1, -0.05) is 68.6 Å². The fourth-order valence-electron chi connectivity index (χ4n) is 6.61. The summed E-state index contributed by atoms with van der Waals surface area (Å²) < 4.78 is 17.7. The number of unbranched alkanes of at least 4 members (excludes halogenated alkanes) is 2. The molecule has 288 valence electrons. The summed E-state index contributed by atoms with van der Waals surface area (Å²) in [6, 6.07) is 19.8. The SMILES string of the molecule is CCCCN(CCCC)C(=O)c1nn(-c2ccc(C(=O)NS(=O)c3ccc4c(SCCN)nccc4c3)cc2C(=O)N2CCc3ccccc3C2)c(C)c1Cl. The van der Waals surface area contributed by atoms with Crippen molar-refractivity contribution in [3.63, 3.8) is 0 Å². The predicted molar refractivity (Wildman–Crippen MR) is 219 cm³/mol. The fraction of sp³-hybridized carbons (Fsp3) is 0.341. The van der Waals surface area contributed by atoms with Gasteiger partial charge in [-0.15, -0.1) is 11.8 Å². The van der Waals surface area contributed by atoms with Crippen LogP contribution in [-0.4, -0.2) is 78.4 Å². The van der Waals surface area contributed by atoms with Gasteiger partial charge in [-0.05, 0) is 79.1 Å². The number of benzene rings is 3. The summed E-state index contributed by atoms with van der Waals surface area (Å²) in [6.07, 6.45) is 5.95. The maximum absolute atomic E-state index is 14.5. The van der Waals surface area contributed by atoms with E-state index in [0.29, 0.717) is 61.2 Å². The molecule has 0 bridgehead atoms. The Morgan fingerprint density at radius 3 is 2.47 bits per heavy atom. The van der Waals surface area contributed by atoms with Crippen LogP contribution in [0, 0.1) is 6.92 Å². The van der Waals surface area contributed by atoms with Gasteiger partial charge in [-0.2, -0.15) is 5.10 Å². The number of carbonyl (C=O) groups is 3. The molecule has 0 aliphatic carbocycles. The lowest BCUT2D eigenvalue weighted by Gasteiger charge is -2.29. The molecule has 14 heteroatoms. The van der Waals surface area contributed by atoms with E-state index in [1.165, 1.54) is 16.3 Å². The lowest BCUT2D eigenvalue weighted by atomic mass is 9.98. The average Bonchev–Trinajstić information content (AvgIpc) is 3.51. The number of amides is 3. The third-order valence-electron chi connectivity index (χ3n) is 9.69. The first-order valence-electron chi connectivity index (χ1n) is 18.6. The molecule has 3 heterocycles. The lowest BCUT2D eigenvalue weighted by molar-refractivity contribution is 0.0732. The molecule has 1 aliphatic heterocycles. The molecule has 0 spiro atoms. The second-order valence-electron chi connectivity index (χ2n) is 13.5. The number of thioether (sulfide) groups is 1. The third-order valence-corrected chi connectivity index (χ3v) is 12.2. The second kappa shape index (κ2) is 18.4. The summed E-state index contributed by atoms with van der Waals surface area (Å²) in [5.74, 6) is -0.473. The van der Waals surface area contributed by atoms with Gasteiger partial charge in [0.05, 0.1) is 26.9 Å². The molecule has 1 atom stereocenters. The quantitative estimate of drug-likeness (QED) is 0.107. The van der Waals surface area contributed by atoms with Crippen molar-refractivity contribution in [1.29, 1.82) is 0 Å². The first-order valence-corrected chi connectivity index (χ1v) is 21.2. The number of halogens is 1. The van der Waals surface area contributed by atoms with Gasteiger partial charge in [-0.25, -0.2) is 13.9 Å². The molecule has 0 fully saturated rings. The van der Waals surface area contributed by atoms with Crippen molar-refractivity contribution in [1.82, 2.24) is 29.3 Å². The van der Waals surface area contributed by atoms with Crippen LogP contribution in [0.2, 0.25) is 5.02 Å². The van der Waals surface area contributed by atoms with Crippen molar-refractivity contribution in [2.24, 2.45) is 5.73 Å². The van der Waals surface area contributed by atoms with Crippen LogP contribution in [0.3, 0.4) is 0 Å². The summed E-state index contributed by atoms with van der Waals surface area (Å²) in [6.45, 7) is 8.49. The number of nitrogens with one attached hydrogen (secondary N) is 1. The summed E-state index contributed by atoms with van der Waals surface area (Å²) in [5.41, 5.74) is 9.24. The van der Waals surface area contributed by atoms with Gasteiger partial charge in [0, 0.05) is 55.6 Å². The van der Waals surface area contributed by atoms with Gasteiger partial charge in [0.15, 0.2) is 16.7 Å². The predicted octanol–water partition coefficient (Wildman–Crippen LogP) is 7.13. The molecular weight excluding hydrogens is 754 g/mol. The average molecular weight is 800 g/mol. The summed E-state index contributed by atoms with van der Waals surface area (Å²) in [4.78, 5) is 50.5. The molecule has 11 nitrogen and oxygen atoms in total. The highest BCUT2D eigenvalue weighted by atomic mass is 35.5. The van der Waals surface area contributed by atoms with Crippen LogP contribution >= 0.6 is 23.4 Å². The Kier molecular flexibility index (Phi) is 13.4. The zero-order valence-electron chi connectivity index (χ0n) is 31.3. The highest BCUT2D eigenvalue weighted by Crippen LogP contribution is 2.30. The largest absolute Gasteiger partial charge is 0.337 e. The highest BCUT2D eigenvalue weighted by Gasteiger charge is 2.29. The number of fused-ring (bicyclic) bond motifs is 2. The molecule has 5 aromatic rings. The zero-order valence-corrected chi connectivity index (χ0v) is 33.7. The van der Waals surface area contributed by atoms with E-state index in [4.69, 9.17) is 22.4 Å². The van der Waals surface area contributed by atoms with E-state index in [-0.39, 0.29) is 33.7 Å².